The molecule has 144 valence electrons. The van der Waals surface area contributed by atoms with Gasteiger partial charge in [-0.25, -0.2) is 9.18 Å². The first-order valence-electron chi connectivity index (χ1n) is 9.95. The van der Waals surface area contributed by atoms with Gasteiger partial charge in [-0.3, -0.25) is 0 Å². The van der Waals surface area contributed by atoms with Crippen molar-refractivity contribution in [1.29, 1.82) is 0 Å². The SMILES string of the molecule is Cc1ccc(NC(=O)N2CCC(CN3C[C@@H](C)C[C@H](C)C3)CC2)cc1F. The Hall–Kier alpha value is -1.62. The van der Waals surface area contributed by atoms with Crippen LogP contribution in [-0.4, -0.2) is 48.6 Å². The molecule has 2 heterocycles. The van der Waals surface area contributed by atoms with Crippen LogP contribution in [0.25, 0.3) is 0 Å². The van der Waals surface area contributed by atoms with Crippen LogP contribution in [0.3, 0.4) is 0 Å². The monoisotopic (exact) mass is 361 g/mol. The Morgan fingerprint density at radius 1 is 1.19 bits per heavy atom. The van der Waals surface area contributed by atoms with Crippen molar-refractivity contribution in [2.45, 2.75) is 40.0 Å². The van der Waals surface area contributed by atoms with Gasteiger partial charge >= 0.3 is 6.03 Å². The number of benzene rings is 1. The highest BCUT2D eigenvalue weighted by atomic mass is 19.1. The van der Waals surface area contributed by atoms with Crippen molar-refractivity contribution in [2.75, 3.05) is 38.0 Å². The van der Waals surface area contributed by atoms with Crippen molar-refractivity contribution < 1.29 is 9.18 Å². The third-order valence-corrected chi connectivity index (χ3v) is 5.79. The predicted octanol–water partition coefficient (Wildman–Crippen LogP) is 4.36. The van der Waals surface area contributed by atoms with Gasteiger partial charge in [-0.15, -0.1) is 0 Å². The Labute approximate surface area is 156 Å². The van der Waals surface area contributed by atoms with Crippen LogP contribution in [0.4, 0.5) is 14.9 Å². The number of carbonyl (C=O) groups is 1. The third-order valence-electron chi connectivity index (χ3n) is 5.79. The van der Waals surface area contributed by atoms with Gasteiger partial charge in [0.25, 0.3) is 0 Å². The van der Waals surface area contributed by atoms with Crippen molar-refractivity contribution >= 4 is 11.7 Å². The number of aryl methyl sites for hydroxylation is 1. The molecular formula is C21H32FN3O. The number of rotatable bonds is 3. The average molecular weight is 362 g/mol. The minimum Gasteiger partial charge on any atom is -0.325 e. The Morgan fingerprint density at radius 2 is 1.85 bits per heavy atom. The Bertz CT molecular complexity index is 618. The highest BCUT2D eigenvalue weighted by molar-refractivity contribution is 5.89. The van der Waals surface area contributed by atoms with E-state index in [-0.39, 0.29) is 11.8 Å². The molecule has 0 radical (unpaired) electrons. The number of nitrogens with zero attached hydrogens (tertiary/aromatic N) is 2. The zero-order chi connectivity index (χ0) is 18.7. The summed E-state index contributed by atoms with van der Waals surface area (Å²) >= 11 is 0. The van der Waals surface area contributed by atoms with E-state index < -0.39 is 0 Å². The first-order valence-corrected chi connectivity index (χ1v) is 9.95. The van der Waals surface area contributed by atoms with E-state index in [1.54, 1.807) is 19.1 Å². The first kappa shape index (κ1) is 19.2. The lowest BCUT2D eigenvalue weighted by Crippen LogP contribution is -2.46. The molecule has 0 bridgehead atoms. The molecular weight excluding hydrogens is 329 g/mol. The van der Waals surface area contributed by atoms with Gasteiger partial charge in [0.2, 0.25) is 0 Å². The number of anilines is 1. The fourth-order valence-electron chi connectivity index (χ4n) is 4.50. The van der Waals surface area contributed by atoms with Crippen LogP contribution in [-0.2, 0) is 0 Å². The third kappa shape index (κ3) is 4.97. The van der Waals surface area contributed by atoms with Gasteiger partial charge in [-0.05, 0) is 61.6 Å². The van der Waals surface area contributed by atoms with Crippen LogP contribution < -0.4 is 5.32 Å². The normalized spacial score (nSPS) is 25.3. The number of hydrogen-bond donors (Lipinski definition) is 1. The number of amides is 2. The minimum atomic E-state index is -0.286. The summed E-state index contributed by atoms with van der Waals surface area (Å²) in [6.45, 7) is 11.6. The summed E-state index contributed by atoms with van der Waals surface area (Å²) in [6.07, 6.45) is 3.44. The van der Waals surface area contributed by atoms with E-state index in [1.807, 2.05) is 4.90 Å². The lowest BCUT2D eigenvalue weighted by Gasteiger charge is -2.39. The molecule has 26 heavy (non-hydrogen) atoms. The average Bonchev–Trinajstić information content (AvgIpc) is 2.58. The van der Waals surface area contributed by atoms with Crippen molar-refractivity contribution in [3.63, 3.8) is 0 Å². The maximum atomic E-state index is 13.6. The van der Waals surface area contributed by atoms with Crippen molar-refractivity contribution in [2.24, 2.45) is 17.8 Å². The maximum absolute atomic E-state index is 13.6. The van der Waals surface area contributed by atoms with Crippen molar-refractivity contribution in [3.8, 4) is 0 Å². The number of halogens is 1. The van der Waals surface area contributed by atoms with Gasteiger partial charge in [0.15, 0.2) is 0 Å². The van der Waals surface area contributed by atoms with E-state index in [2.05, 4.69) is 24.1 Å². The molecule has 3 rings (SSSR count). The number of nitrogens with one attached hydrogen (secondary N) is 1. The fraction of sp³-hybridized carbons (Fsp3) is 0.667. The van der Waals surface area contributed by atoms with Crippen LogP contribution in [0.15, 0.2) is 18.2 Å². The molecule has 0 aromatic heterocycles. The number of carbonyl (C=O) groups excluding carboxylic acids is 1. The quantitative estimate of drug-likeness (QED) is 0.868. The van der Waals surface area contributed by atoms with E-state index in [4.69, 9.17) is 0 Å². The van der Waals surface area contributed by atoms with Gasteiger partial charge in [0.05, 0.1) is 0 Å². The minimum absolute atomic E-state index is 0.119. The molecule has 4 nitrogen and oxygen atoms in total. The molecule has 5 heteroatoms. The van der Waals surface area contributed by atoms with E-state index >= 15 is 0 Å². The van der Waals surface area contributed by atoms with Gasteiger partial charge in [-0.2, -0.15) is 0 Å². The summed E-state index contributed by atoms with van der Waals surface area (Å²) < 4.78 is 13.6. The zero-order valence-corrected chi connectivity index (χ0v) is 16.3. The molecule has 2 amide bonds. The van der Waals surface area contributed by atoms with Crippen molar-refractivity contribution in [1.82, 2.24) is 9.80 Å². The Kier molecular flexibility index (Phi) is 6.17. The zero-order valence-electron chi connectivity index (χ0n) is 16.3. The highest BCUT2D eigenvalue weighted by Gasteiger charge is 2.27. The number of urea groups is 1. The number of likely N-dealkylation sites (tertiary alicyclic amines) is 2. The van der Waals surface area contributed by atoms with Crippen LogP contribution >= 0.6 is 0 Å². The summed E-state index contributed by atoms with van der Waals surface area (Å²) in [4.78, 5) is 16.9. The lowest BCUT2D eigenvalue weighted by atomic mass is 9.89. The number of hydrogen-bond acceptors (Lipinski definition) is 2. The van der Waals surface area contributed by atoms with Crippen LogP contribution in [0, 0.1) is 30.5 Å². The molecule has 2 saturated heterocycles. The fourth-order valence-corrected chi connectivity index (χ4v) is 4.50. The molecule has 1 aromatic carbocycles. The summed E-state index contributed by atoms with van der Waals surface area (Å²) in [5.74, 6) is 1.97. The smallest absolute Gasteiger partial charge is 0.321 e. The molecule has 0 aliphatic carbocycles. The second-order valence-corrected chi connectivity index (χ2v) is 8.49. The molecule has 2 fully saturated rings. The molecule has 1 aromatic rings. The van der Waals surface area contributed by atoms with Crippen LogP contribution in [0.2, 0.25) is 0 Å². The Balaban J connectivity index is 1.45. The van der Waals surface area contributed by atoms with Gasteiger partial charge < -0.3 is 15.1 Å². The lowest BCUT2D eigenvalue weighted by molar-refractivity contribution is 0.101. The van der Waals surface area contributed by atoms with E-state index in [1.165, 1.54) is 25.6 Å². The molecule has 0 saturated carbocycles. The summed E-state index contributed by atoms with van der Waals surface area (Å²) in [6, 6.07) is 4.71. The molecule has 0 spiro atoms. The maximum Gasteiger partial charge on any atom is 0.321 e. The second kappa shape index (κ2) is 8.38. The molecule has 1 N–H and O–H groups in total. The second-order valence-electron chi connectivity index (χ2n) is 8.49. The van der Waals surface area contributed by atoms with Gasteiger partial charge in [0, 0.05) is 38.4 Å². The molecule has 2 atom stereocenters. The summed E-state index contributed by atoms with van der Waals surface area (Å²) in [5.41, 5.74) is 1.11. The van der Waals surface area contributed by atoms with E-state index in [0.717, 1.165) is 44.3 Å². The van der Waals surface area contributed by atoms with E-state index in [0.29, 0.717) is 17.2 Å². The largest absolute Gasteiger partial charge is 0.325 e. The highest BCUT2D eigenvalue weighted by Crippen LogP contribution is 2.25. The molecule has 0 unspecified atom stereocenters. The first-order chi connectivity index (χ1) is 12.4. The summed E-state index contributed by atoms with van der Waals surface area (Å²) in [5, 5.41) is 2.82. The molecule has 2 aliphatic rings. The van der Waals surface area contributed by atoms with Gasteiger partial charge in [0.1, 0.15) is 5.82 Å². The number of piperidine rings is 2. The van der Waals surface area contributed by atoms with Gasteiger partial charge in [-0.1, -0.05) is 19.9 Å². The van der Waals surface area contributed by atoms with Crippen molar-refractivity contribution in [3.05, 3.63) is 29.6 Å². The molecule has 2 aliphatic heterocycles. The van der Waals surface area contributed by atoms with Crippen LogP contribution in [0.1, 0.15) is 38.7 Å². The standard InChI is InChI=1S/C21H32FN3O/c1-15-10-16(2)13-24(12-15)14-18-6-8-25(9-7-18)21(26)23-19-5-4-17(3)20(22)11-19/h4-5,11,15-16,18H,6-10,12-14H2,1-3H3,(H,23,26)/t15-,16-/m0/s1. The topological polar surface area (TPSA) is 35.6 Å². The Morgan fingerprint density at radius 3 is 2.46 bits per heavy atom. The summed E-state index contributed by atoms with van der Waals surface area (Å²) in [7, 11) is 0. The van der Waals surface area contributed by atoms with E-state index in [9.17, 15) is 9.18 Å². The van der Waals surface area contributed by atoms with Crippen LogP contribution in [0.5, 0.6) is 0 Å². The predicted molar refractivity (Wildman–Crippen MR) is 104 cm³/mol.